The number of hydrogen-bond donors (Lipinski definition) is 1. The fourth-order valence-corrected chi connectivity index (χ4v) is 6.15. The monoisotopic (exact) mass is 582 g/mol. The first-order valence-electron chi connectivity index (χ1n) is 13.0. The molecule has 2 aliphatic rings. The van der Waals surface area contributed by atoms with Gasteiger partial charge in [-0.2, -0.15) is 13.2 Å². The Kier molecular flexibility index (Phi) is 8.29. The minimum absolute atomic E-state index is 0.0344. The summed E-state index contributed by atoms with van der Waals surface area (Å²) in [6, 6.07) is 8.32. The Labute approximate surface area is 236 Å². The van der Waals surface area contributed by atoms with Gasteiger partial charge in [-0.25, -0.2) is 4.98 Å². The summed E-state index contributed by atoms with van der Waals surface area (Å²) in [4.78, 5) is 34.2. The van der Waals surface area contributed by atoms with E-state index in [-0.39, 0.29) is 34.7 Å². The van der Waals surface area contributed by atoms with Gasteiger partial charge in [0.15, 0.2) is 0 Å². The number of likely N-dealkylation sites (N-methyl/N-ethyl adjacent to an activating group) is 1. The van der Waals surface area contributed by atoms with Crippen molar-refractivity contribution in [2.75, 3.05) is 52.8 Å². The summed E-state index contributed by atoms with van der Waals surface area (Å²) in [6.07, 6.45) is -1.91. The van der Waals surface area contributed by atoms with E-state index in [4.69, 9.17) is 16.3 Å². The number of aromatic nitrogens is 1. The lowest BCUT2D eigenvalue weighted by Gasteiger charge is -2.53. The van der Waals surface area contributed by atoms with Crippen molar-refractivity contribution >= 4 is 29.2 Å². The number of halogens is 4. The molecule has 0 bridgehead atoms. The molecule has 1 aromatic heterocycles. The number of carbonyl (C=O) groups excluding carboxylic acids is 2. The summed E-state index contributed by atoms with van der Waals surface area (Å²) in [5.41, 5.74) is -3.86. The van der Waals surface area contributed by atoms with Gasteiger partial charge in [0, 0.05) is 46.3 Å². The third-order valence-corrected chi connectivity index (χ3v) is 8.44. The average Bonchev–Trinajstić information content (AvgIpc) is 2.90. The Morgan fingerprint density at radius 1 is 1.15 bits per heavy atom. The molecule has 1 spiro atoms. The zero-order chi connectivity index (χ0) is 29.5. The minimum atomic E-state index is -5.22. The van der Waals surface area contributed by atoms with Crippen LogP contribution in [0.3, 0.4) is 0 Å². The molecule has 2 fully saturated rings. The van der Waals surface area contributed by atoms with E-state index in [1.54, 1.807) is 26.2 Å². The van der Waals surface area contributed by atoms with Crippen molar-refractivity contribution in [2.24, 2.45) is 11.3 Å². The number of hydrogen-bond acceptors (Lipinski definition) is 6. The van der Waals surface area contributed by atoms with Gasteiger partial charge in [-0.15, -0.1) is 0 Å². The van der Waals surface area contributed by atoms with Gasteiger partial charge < -0.3 is 24.5 Å². The van der Waals surface area contributed by atoms with Gasteiger partial charge in [0.2, 0.25) is 0 Å². The Bertz CT molecular complexity index is 1260. The second-order valence-electron chi connectivity index (χ2n) is 11.1. The quantitative estimate of drug-likeness (QED) is 0.489. The zero-order valence-corrected chi connectivity index (χ0v) is 23.7. The van der Waals surface area contributed by atoms with Crippen LogP contribution in [0, 0.1) is 11.3 Å². The van der Waals surface area contributed by atoms with Gasteiger partial charge in [0.1, 0.15) is 16.7 Å². The van der Waals surface area contributed by atoms with Gasteiger partial charge in [-0.3, -0.25) is 9.59 Å². The summed E-state index contributed by atoms with van der Waals surface area (Å²) in [7, 11) is 5.89. The Morgan fingerprint density at radius 3 is 2.35 bits per heavy atom. The van der Waals surface area contributed by atoms with Crippen LogP contribution in [0.1, 0.15) is 41.6 Å². The molecule has 1 aromatic carbocycles. The molecule has 8 nitrogen and oxygen atoms in total. The van der Waals surface area contributed by atoms with Crippen LogP contribution in [0.15, 0.2) is 36.4 Å². The van der Waals surface area contributed by atoms with E-state index < -0.39 is 23.2 Å². The van der Waals surface area contributed by atoms with Gasteiger partial charge in [-0.05, 0) is 61.3 Å². The maximum atomic E-state index is 14.1. The first-order valence-corrected chi connectivity index (χ1v) is 13.4. The molecule has 2 heterocycles. The number of alkyl halides is 3. The highest BCUT2D eigenvalue weighted by Gasteiger charge is 2.62. The molecule has 1 atom stereocenters. The van der Waals surface area contributed by atoms with E-state index in [1.165, 1.54) is 31.2 Å². The highest BCUT2D eigenvalue weighted by molar-refractivity contribution is 6.32. The SMILES string of the molecule is COc1cccc([C@@](O)(C(=O)N(C)CC2CC3(CCN(c4ccc(C(=O)N(C)C)c(Cl)n4)CC3)C2)C(F)(F)F)c1. The molecule has 1 aliphatic heterocycles. The number of aliphatic hydroxyl groups is 1. The van der Waals surface area contributed by atoms with Crippen molar-refractivity contribution in [1.29, 1.82) is 0 Å². The maximum Gasteiger partial charge on any atom is 0.430 e. The van der Waals surface area contributed by atoms with Crippen molar-refractivity contribution in [2.45, 2.75) is 37.5 Å². The predicted molar refractivity (Wildman–Crippen MR) is 144 cm³/mol. The van der Waals surface area contributed by atoms with Crippen molar-refractivity contribution in [3.8, 4) is 5.75 Å². The van der Waals surface area contributed by atoms with Crippen LogP contribution in [0.5, 0.6) is 5.75 Å². The number of piperidine rings is 1. The molecule has 1 aliphatic carbocycles. The van der Waals surface area contributed by atoms with Crippen molar-refractivity contribution in [3.63, 3.8) is 0 Å². The van der Waals surface area contributed by atoms with Crippen molar-refractivity contribution in [1.82, 2.24) is 14.8 Å². The van der Waals surface area contributed by atoms with Crippen LogP contribution >= 0.6 is 11.6 Å². The molecule has 40 heavy (non-hydrogen) atoms. The van der Waals surface area contributed by atoms with Gasteiger partial charge in [0.05, 0.1) is 12.7 Å². The van der Waals surface area contributed by atoms with Crippen LogP contribution < -0.4 is 9.64 Å². The molecule has 0 unspecified atom stereocenters. The van der Waals surface area contributed by atoms with Crippen molar-refractivity contribution < 1.29 is 32.6 Å². The predicted octanol–water partition coefficient (Wildman–Crippen LogP) is 4.35. The Hall–Kier alpha value is -3.05. The van der Waals surface area contributed by atoms with E-state index in [1.807, 2.05) is 0 Å². The molecule has 2 aromatic rings. The number of carbonyl (C=O) groups is 2. The molecule has 0 radical (unpaired) electrons. The summed E-state index contributed by atoms with van der Waals surface area (Å²) >= 11 is 6.28. The minimum Gasteiger partial charge on any atom is -0.497 e. The second kappa shape index (κ2) is 11.1. The number of rotatable bonds is 7. The maximum absolute atomic E-state index is 14.1. The molecular weight excluding hydrogens is 549 g/mol. The second-order valence-corrected chi connectivity index (χ2v) is 11.5. The molecule has 2 amide bonds. The lowest BCUT2D eigenvalue weighted by Crippen LogP contribution is -2.57. The third kappa shape index (κ3) is 5.58. The van der Waals surface area contributed by atoms with E-state index in [0.29, 0.717) is 11.4 Å². The molecule has 1 saturated heterocycles. The van der Waals surface area contributed by atoms with E-state index in [0.717, 1.165) is 55.8 Å². The first-order chi connectivity index (χ1) is 18.7. The van der Waals surface area contributed by atoms with Gasteiger partial charge in [0.25, 0.3) is 17.4 Å². The standard InChI is InChI=1S/C28H34ClF3N4O4/c1-34(2)24(37)21-8-9-22(33-23(21)29)36-12-10-26(11-13-36)15-18(16-26)17-35(3)25(38)27(39,28(30,31)32)19-6-5-7-20(14-19)40-4/h5-9,14,18,39H,10-13,15-17H2,1-4H3/t27-/m1/s1. The molecule has 4 rings (SSSR count). The number of benzene rings is 1. The average molecular weight is 583 g/mol. The topological polar surface area (TPSA) is 86.2 Å². The number of anilines is 1. The fourth-order valence-electron chi connectivity index (χ4n) is 5.92. The lowest BCUT2D eigenvalue weighted by atomic mass is 9.57. The third-order valence-electron chi connectivity index (χ3n) is 8.15. The number of pyridine rings is 1. The van der Waals surface area contributed by atoms with E-state index in [9.17, 15) is 27.9 Å². The number of methoxy groups -OCH3 is 1. The smallest absolute Gasteiger partial charge is 0.430 e. The van der Waals surface area contributed by atoms with Crippen LogP contribution in [0.25, 0.3) is 0 Å². The van der Waals surface area contributed by atoms with Crippen LogP contribution in [0.4, 0.5) is 19.0 Å². The van der Waals surface area contributed by atoms with Crippen molar-refractivity contribution in [3.05, 3.63) is 52.7 Å². The first kappa shape index (κ1) is 29.9. The number of amides is 2. The van der Waals surface area contributed by atoms with Gasteiger partial charge >= 0.3 is 6.18 Å². The molecular formula is C28H34ClF3N4O4. The van der Waals surface area contributed by atoms with Crippen LogP contribution in [-0.2, 0) is 10.4 Å². The molecule has 1 saturated carbocycles. The Balaban J connectivity index is 1.35. The van der Waals surface area contributed by atoms with Crippen LogP contribution in [-0.4, -0.2) is 85.8 Å². The van der Waals surface area contributed by atoms with E-state index >= 15 is 0 Å². The molecule has 12 heteroatoms. The summed E-state index contributed by atoms with van der Waals surface area (Å²) < 4.78 is 47.2. The normalized spacial score (nSPS) is 18.6. The van der Waals surface area contributed by atoms with Crippen LogP contribution in [0.2, 0.25) is 5.15 Å². The Morgan fingerprint density at radius 2 is 1.80 bits per heavy atom. The largest absolute Gasteiger partial charge is 0.497 e. The molecule has 1 N–H and O–H groups in total. The highest BCUT2D eigenvalue weighted by Crippen LogP contribution is 2.53. The number of ether oxygens (including phenoxy) is 1. The van der Waals surface area contributed by atoms with E-state index in [2.05, 4.69) is 9.88 Å². The summed E-state index contributed by atoms with van der Waals surface area (Å²) in [5.74, 6) is -0.795. The van der Waals surface area contributed by atoms with Gasteiger partial charge in [-0.1, -0.05) is 23.7 Å². The highest BCUT2D eigenvalue weighted by atomic mass is 35.5. The lowest BCUT2D eigenvalue weighted by molar-refractivity contribution is -0.261. The zero-order valence-electron chi connectivity index (χ0n) is 23.0. The summed E-state index contributed by atoms with van der Waals surface area (Å²) in [5, 5.41) is 10.9. The fraction of sp³-hybridized carbons (Fsp3) is 0.536. The summed E-state index contributed by atoms with van der Waals surface area (Å²) in [6.45, 7) is 1.58. The number of nitrogens with zero attached hydrogens (tertiary/aromatic N) is 4. The molecule has 218 valence electrons.